The molecule has 0 unspecified atom stereocenters. The van der Waals surface area contributed by atoms with E-state index >= 15 is 0 Å². The van der Waals surface area contributed by atoms with Crippen LogP contribution in [0.4, 0.5) is 5.13 Å². The summed E-state index contributed by atoms with van der Waals surface area (Å²) in [5, 5.41) is 12.2. The summed E-state index contributed by atoms with van der Waals surface area (Å²) in [6.45, 7) is 4.17. The highest BCUT2D eigenvalue weighted by Crippen LogP contribution is 2.32. The number of ether oxygens (including phenoxy) is 1. The highest BCUT2D eigenvalue weighted by molar-refractivity contribution is 7.71. The third-order valence-electron chi connectivity index (χ3n) is 3.99. The van der Waals surface area contributed by atoms with Gasteiger partial charge in [-0.15, -0.1) is 11.3 Å². The first kappa shape index (κ1) is 19.2. The molecule has 27 heavy (non-hydrogen) atoms. The van der Waals surface area contributed by atoms with Gasteiger partial charge in [0, 0.05) is 17.4 Å². The van der Waals surface area contributed by atoms with Crippen molar-refractivity contribution in [1.82, 2.24) is 19.7 Å². The van der Waals surface area contributed by atoms with Crippen LogP contribution in [0.2, 0.25) is 0 Å². The molecule has 2 N–H and O–H groups in total. The van der Waals surface area contributed by atoms with Gasteiger partial charge < -0.3 is 10.1 Å². The number of carbonyl (C=O) groups is 1. The highest BCUT2D eigenvalue weighted by atomic mass is 32.1. The second-order valence-electron chi connectivity index (χ2n) is 6.07. The first-order valence-electron chi connectivity index (χ1n) is 8.56. The number of rotatable bonds is 7. The Morgan fingerprint density at radius 1 is 1.44 bits per heavy atom. The van der Waals surface area contributed by atoms with Crippen molar-refractivity contribution in [3.8, 4) is 17.0 Å². The van der Waals surface area contributed by atoms with E-state index < -0.39 is 0 Å². The van der Waals surface area contributed by atoms with Crippen LogP contribution in [0.5, 0.6) is 5.75 Å². The summed E-state index contributed by atoms with van der Waals surface area (Å²) < 4.78 is 7.57. The molecule has 3 rings (SSSR count). The van der Waals surface area contributed by atoms with Crippen molar-refractivity contribution in [1.29, 1.82) is 0 Å². The zero-order valence-corrected chi connectivity index (χ0v) is 17.0. The monoisotopic (exact) mass is 403 g/mol. The number of methoxy groups -OCH3 is 1. The third-order valence-corrected chi connectivity index (χ3v) is 5.06. The smallest absolute Gasteiger partial charge is 0.246 e. The van der Waals surface area contributed by atoms with Crippen LogP contribution in [-0.4, -0.2) is 32.8 Å². The molecule has 9 heteroatoms. The van der Waals surface area contributed by atoms with Crippen LogP contribution >= 0.6 is 23.6 Å². The molecule has 2 aromatic heterocycles. The number of aromatic amines is 1. The van der Waals surface area contributed by atoms with Gasteiger partial charge in [-0.2, -0.15) is 5.10 Å². The molecule has 2 heterocycles. The zero-order valence-electron chi connectivity index (χ0n) is 15.4. The first-order valence-corrected chi connectivity index (χ1v) is 9.85. The topological polar surface area (TPSA) is 84.8 Å². The predicted octanol–water partition coefficient (Wildman–Crippen LogP) is 3.97. The first-order chi connectivity index (χ1) is 13.0. The minimum atomic E-state index is -0.193. The van der Waals surface area contributed by atoms with E-state index in [2.05, 4.69) is 27.4 Å². The molecule has 7 nitrogen and oxygen atoms in total. The van der Waals surface area contributed by atoms with Gasteiger partial charge in [0.05, 0.1) is 12.8 Å². The molecule has 0 fully saturated rings. The molecule has 0 aliphatic rings. The minimum absolute atomic E-state index is 0.105. The summed E-state index contributed by atoms with van der Waals surface area (Å²) >= 11 is 6.59. The van der Waals surface area contributed by atoms with Crippen molar-refractivity contribution in [3.63, 3.8) is 0 Å². The quantitative estimate of drug-likeness (QED) is 0.583. The highest BCUT2D eigenvalue weighted by Gasteiger charge is 2.14. The Morgan fingerprint density at radius 2 is 2.26 bits per heavy atom. The number of H-pyrrole nitrogens is 1. The SMILES string of the molecule is CCCc1n[nH]c(=S)n1CC(=O)Nc1nc(-c2cc(C)ccc2OC)cs1. The van der Waals surface area contributed by atoms with Gasteiger partial charge in [0.2, 0.25) is 5.91 Å². The molecule has 1 aromatic carbocycles. The normalized spacial score (nSPS) is 10.8. The molecule has 0 saturated carbocycles. The number of aryl methyl sites for hydroxylation is 2. The van der Waals surface area contributed by atoms with Gasteiger partial charge in [-0.25, -0.2) is 4.98 Å². The lowest BCUT2D eigenvalue weighted by Gasteiger charge is -2.07. The van der Waals surface area contributed by atoms with Crippen molar-refractivity contribution in [2.45, 2.75) is 33.2 Å². The van der Waals surface area contributed by atoms with E-state index in [9.17, 15) is 4.79 Å². The Labute approximate surface area is 166 Å². The van der Waals surface area contributed by atoms with Crippen molar-refractivity contribution in [3.05, 3.63) is 39.7 Å². The standard InChI is InChI=1S/C18H21N5O2S2/c1-4-5-15-21-22-18(26)23(15)9-16(24)20-17-19-13(10-27-17)12-8-11(2)6-7-14(12)25-3/h6-8,10H,4-5,9H2,1-3H3,(H,22,26)(H,19,20,24). The second kappa shape index (κ2) is 8.45. The maximum Gasteiger partial charge on any atom is 0.246 e. The van der Waals surface area contributed by atoms with Crippen molar-refractivity contribution in [2.24, 2.45) is 0 Å². The van der Waals surface area contributed by atoms with E-state index in [1.165, 1.54) is 11.3 Å². The van der Waals surface area contributed by atoms with Crippen LogP contribution in [0.25, 0.3) is 11.3 Å². The Kier molecular flexibility index (Phi) is 6.02. The van der Waals surface area contributed by atoms with E-state index in [1.54, 1.807) is 11.7 Å². The molecule has 0 atom stereocenters. The Bertz CT molecular complexity index is 1010. The molecule has 0 radical (unpaired) electrons. The van der Waals surface area contributed by atoms with Crippen LogP contribution < -0.4 is 10.1 Å². The molecule has 0 spiro atoms. The van der Waals surface area contributed by atoms with Gasteiger partial charge in [0.25, 0.3) is 0 Å². The fourth-order valence-corrected chi connectivity index (χ4v) is 3.65. The van der Waals surface area contributed by atoms with Crippen molar-refractivity contribution >= 4 is 34.6 Å². The zero-order chi connectivity index (χ0) is 19.4. The molecule has 0 aliphatic heterocycles. The van der Waals surface area contributed by atoms with E-state index in [0.29, 0.717) is 9.90 Å². The average molecular weight is 404 g/mol. The van der Waals surface area contributed by atoms with Crippen LogP contribution in [0.3, 0.4) is 0 Å². The van der Waals surface area contributed by atoms with Gasteiger partial charge in [-0.1, -0.05) is 18.6 Å². The Morgan fingerprint density at radius 3 is 3.00 bits per heavy atom. The number of hydrogen-bond acceptors (Lipinski definition) is 6. The number of anilines is 1. The van der Waals surface area contributed by atoms with Crippen LogP contribution in [0.15, 0.2) is 23.6 Å². The fourth-order valence-electron chi connectivity index (χ4n) is 2.71. The summed E-state index contributed by atoms with van der Waals surface area (Å²) in [6, 6.07) is 5.92. The van der Waals surface area contributed by atoms with Crippen LogP contribution in [0, 0.1) is 11.7 Å². The number of amides is 1. The molecule has 0 saturated heterocycles. The Hall–Kier alpha value is -2.52. The average Bonchev–Trinajstić information content (AvgIpc) is 3.24. The van der Waals surface area contributed by atoms with Gasteiger partial charge >= 0.3 is 0 Å². The molecule has 0 bridgehead atoms. The minimum Gasteiger partial charge on any atom is -0.496 e. The summed E-state index contributed by atoms with van der Waals surface area (Å²) in [6.07, 6.45) is 1.68. The molecule has 142 valence electrons. The van der Waals surface area contributed by atoms with Gasteiger partial charge in [0.1, 0.15) is 18.1 Å². The lowest BCUT2D eigenvalue weighted by atomic mass is 10.1. The van der Waals surface area contributed by atoms with Gasteiger partial charge in [-0.3, -0.25) is 14.5 Å². The van der Waals surface area contributed by atoms with Crippen molar-refractivity contribution in [2.75, 3.05) is 12.4 Å². The molecule has 0 aliphatic carbocycles. The van der Waals surface area contributed by atoms with Crippen LogP contribution in [0.1, 0.15) is 24.7 Å². The fraction of sp³-hybridized carbons (Fsp3) is 0.333. The summed E-state index contributed by atoms with van der Waals surface area (Å²) in [5.41, 5.74) is 2.78. The van der Waals surface area contributed by atoms with Crippen LogP contribution in [-0.2, 0) is 17.8 Å². The molecule has 3 aromatic rings. The lowest BCUT2D eigenvalue weighted by molar-refractivity contribution is -0.116. The Balaban J connectivity index is 1.75. The third kappa shape index (κ3) is 4.42. The van der Waals surface area contributed by atoms with Gasteiger partial charge in [0.15, 0.2) is 9.90 Å². The summed E-state index contributed by atoms with van der Waals surface area (Å²) in [7, 11) is 1.63. The van der Waals surface area contributed by atoms with E-state index in [4.69, 9.17) is 17.0 Å². The summed E-state index contributed by atoms with van der Waals surface area (Å²) in [4.78, 5) is 17.0. The number of thiazole rings is 1. The lowest BCUT2D eigenvalue weighted by Crippen LogP contribution is -2.20. The maximum absolute atomic E-state index is 12.4. The number of nitrogens with zero attached hydrogens (tertiary/aromatic N) is 3. The van der Waals surface area contributed by atoms with E-state index in [0.717, 1.165) is 41.2 Å². The molecular weight excluding hydrogens is 382 g/mol. The van der Waals surface area contributed by atoms with E-state index in [1.807, 2.05) is 30.5 Å². The number of nitrogens with one attached hydrogen (secondary N) is 2. The number of aromatic nitrogens is 4. The second-order valence-corrected chi connectivity index (χ2v) is 7.32. The van der Waals surface area contributed by atoms with E-state index in [-0.39, 0.29) is 12.5 Å². The molecule has 1 amide bonds. The number of carbonyl (C=O) groups excluding carboxylic acids is 1. The largest absolute Gasteiger partial charge is 0.496 e. The van der Waals surface area contributed by atoms with Gasteiger partial charge in [-0.05, 0) is 37.7 Å². The summed E-state index contributed by atoms with van der Waals surface area (Å²) in [5.74, 6) is 1.33. The number of benzene rings is 1. The maximum atomic E-state index is 12.4. The molecular formula is C18H21N5O2S2. The van der Waals surface area contributed by atoms with Crippen molar-refractivity contribution < 1.29 is 9.53 Å². The predicted molar refractivity (Wildman–Crippen MR) is 109 cm³/mol. The number of hydrogen-bond donors (Lipinski definition) is 2.